The Kier molecular flexibility index (Phi) is 2.18. The van der Waals surface area contributed by atoms with E-state index in [0.717, 1.165) is 10.3 Å². The number of anilines is 1. The first-order valence-electron chi connectivity index (χ1n) is 4.09. The van der Waals surface area contributed by atoms with Crippen molar-refractivity contribution in [2.45, 2.75) is 0 Å². The summed E-state index contributed by atoms with van der Waals surface area (Å²) in [5.41, 5.74) is 14.8. The van der Waals surface area contributed by atoms with Gasteiger partial charge in [0, 0.05) is 10.6 Å². The molecule has 2 rings (SSSR count). The van der Waals surface area contributed by atoms with Crippen molar-refractivity contribution in [2.75, 3.05) is 5.73 Å². The second kappa shape index (κ2) is 3.40. The van der Waals surface area contributed by atoms with E-state index >= 15 is 0 Å². The van der Waals surface area contributed by atoms with Crippen LogP contribution in [0.15, 0.2) is 29.0 Å². The van der Waals surface area contributed by atoms with Crippen LogP contribution in [0.3, 0.4) is 0 Å². The van der Waals surface area contributed by atoms with Gasteiger partial charge in [0.1, 0.15) is 6.33 Å². The van der Waals surface area contributed by atoms with Crippen LogP contribution in [0.4, 0.5) is 5.69 Å². The first-order valence-corrected chi connectivity index (χ1v) is 5.49. The molecule has 0 spiro atoms. The van der Waals surface area contributed by atoms with Gasteiger partial charge in [0.25, 0.3) is 0 Å². The molecule has 2 N–H and O–H groups in total. The van der Waals surface area contributed by atoms with Crippen molar-refractivity contribution < 1.29 is 8.42 Å². The number of nitrogens with two attached hydrogens (primary N) is 1. The maximum Gasteiger partial charge on any atom is 0.329 e. The smallest absolute Gasteiger partial charge is 0.329 e. The van der Waals surface area contributed by atoms with Crippen LogP contribution < -0.4 is 5.73 Å². The van der Waals surface area contributed by atoms with Crippen LogP contribution in [-0.2, 0) is 10.2 Å². The molecule has 0 unspecified atom stereocenters. The molecule has 8 nitrogen and oxygen atoms in total. The minimum atomic E-state index is -4.10. The summed E-state index contributed by atoms with van der Waals surface area (Å²) in [6.45, 7) is 0. The summed E-state index contributed by atoms with van der Waals surface area (Å²) in [5.74, 6) is 0. The fourth-order valence-electron chi connectivity index (χ4n) is 1.27. The Labute approximate surface area is 90.1 Å². The minimum absolute atomic E-state index is 0.271. The predicted molar refractivity (Wildman–Crippen MR) is 57.6 cm³/mol. The first kappa shape index (κ1) is 10.3. The summed E-state index contributed by atoms with van der Waals surface area (Å²) in [4.78, 5) is 6.10. The highest BCUT2D eigenvalue weighted by Gasteiger charge is 2.14. The van der Waals surface area contributed by atoms with Crippen molar-refractivity contribution in [3.63, 3.8) is 0 Å². The van der Waals surface area contributed by atoms with Gasteiger partial charge in [-0.05, 0) is 23.7 Å². The topological polar surface area (TPSA) is 127 Å². The maximum atomic E-state index is 11.5. The number of imidazole rings is 1. The van der Waals surface area contributed by atoms with E-state index in [9.17, 15) is 8.42 Å². The van der Waals surface area contributed by atoms with Gasteiger partial charge >= 0.3 is 10.2 Å². The van der Waals surface area contributed by atoms with E-state index in [-0.39, 0.29) is 5.52 Å². The third-order valence-electron chi connectivity index (χ3n) is 1.93. The van der Waals surface area contributed by atoms with E-state index in [1.165, 1.54) is 6.07 Å². The van der Waals surface area contributed by atoms with Crippen LogP contribution in [0.1, 0.15) is 0 Å². The van der Waals surface area contributed by atoms with Crippen molar-refractivity contribution >= 4 is 26.9 Å². The molecule has 1 aromatic heterocycles. The highest BCUT2D eigenvalue weighted by Crippen LogP contribution is 2.18. The number of aromatic nitrogens is 2. The molecule has 0 amide bonds. The molecule has 1 heterocycles. The second-order valence-corrected chi connectivity index (χ2v) is 4.39. The number of hydrogen-bond acceptors (Lipinski definition) is 4. The molecule has 0 aliphatic rings. The molecule has 16 heavy (non-hydrogen) atoms. The summed E-state index contributed by atoms with van der Waals surface area (Å²) in [7, 11) is -4.10. The SMILES string of the molecule is [N-]=[N+]=NS(=O)(=O)n1cnc2ccc(N)cc21. The third-order valence-corrected chi connectivity index (χ3v) is 2.99. The predicted octanol–water partition coefficient (Wildman–Crippen LogP) is 1.02. The number of nitrogen functional groups attached to an aromatic ring is 1. The van der Waals surface area contributed by atoms with Crippen molar-refractivity contribution in [1.82, 2.24) is 8.96 Å². The third kappa shape index (κ3) is 1.53. The highest BCUT2D eigenvalue weighted by molar-refractivity contribution is 7.88. The quantitative estimate of drug-likeness (QED) is 0.362. The Morgan fingerprint density at radius 2 is 2.25 bits per heavy atom. The number of fused-ring (bicyclic) bond motifs is 1. The van der Waals surface area contributed by atoms with Gasteiger partial charge in [-0.2, -0.15) is 8.42 Å². The van der Waals surface area contributed by atoms with Crippen molar-refractivity contribution in [3.8, 4) is 0 Å². The summed E-state index contributed by atoms with van der Waals surface area (Å²) < 4.78 is 26.5. The molecule has 0 bridgehead atoms. The Morgan fingerprint density at radius 3 is 2.94 bits per heavy atom. The Balaban J connectivity index is 2.80. The molecule has 0 radical (unpaired) electrons. The average molecular weight is 238 g/mol. The average Bonchev–Trinajstić information content (AvgIpc) is 2.60. The van der Waals surface area contributed by atoms with E-state index in [1.54, 1.807) is 12.1 Å². The minimum Gasteiger partial charge on any atom is -0.399 e. The van der Waals surface area contributed by atoms with E-state index in [1.807, 2.05) is 0 Å². The van der Waals surface area contributed by atoms with Crippen LogP contribution in [0, 0.1) is 0 Å². The van der Waals surface area contributed by atoms with Gasteiger partial charge in [0.15, 0.2) is 0 Å². The van der Waals surface area contributed by atoms with E-state index in [4.69, 9.17) is 11.3 Å². The molecule has 0 saturated heterocycles. The van der Waals surface area contributed by atoms with Crippen molar-refractivity contribution in [2.24, 2.45) is 4.52 Å². The van der Waals surface area contributed by atoms with Crippen molar-refractivity contribution in [1.29, 1.82) is 0 Å². The standard InChI is InChI=1S/C7H6N6O2S/c8-5-1-2-6-7(3-5)13(4-10-6)16(14,15)12-11-9/h1-4H,8H2. The van der Waals surface area contributed by atoms with Crippen LogP contribution in [0.5, 0.6) is 0 Å². The Bertz CT molecular complexity index is 697. The monoisotopic (exact) mass is 238 g/mol. The molecule has 0 aliphatic heterocycles. The zero-order valence-corrected chi connectivity index (χ0v) is 8.66. The zero-order chi connectivity index (χ0) is 11.8. The second-order valence-electron chi connectivity index (χ2n) is 2.94. The van der Waals surface area contributed by atoms with Crippen LogP contribution in [0.2, 0.25) is 0 Å². The molecule has 9 heteroatoms. The molecular formula is C7H6N6O2S. The zero-order valence-electron chi connectivity index (χ0n) is 7.85. The van der Waals surface area contributed by atoms with Crippen LogP contribution >= 0.6 is 0 Å². The Hall–Kier alpha value is -2.25. The van der Waals surface area contributed by atoms with Gasteiger partial charge < -0.3 is 5.73 Å². The lowest BCUT2D eigenvalue weighted by Gasteiger charge is -1.99. The largest absolute Gasteiger partial charge is 0.399 e. The molecule has 0 fully saturated rings. The lowest BCUT2D eigenvalue weighted by atomic mass is 10.3. The number of hydrogen-bond donors (Lipinski definition) is 1. The molecule has 0 aliphatic carbocycles. The fraction of sp³-hybridized carbons (Fsp3) is 0. The molecule has 82 valence electrons. The maximum absolute atomic E-state index is 11.5. The van der Waals surface area contributed by atoms with Gasteiger partial charge in [-0.3, -0.25) is 0 Å². The fourth-order valence-corrected chi connectivity index (χ4v) is 2.00. The lowest BCUT2D eigenvalue weighted by molar-refractivity contribution is 0.590. The van der Waals surface area contributed by atoms with Gasteiger partial charge in [0.05, 0.1) is 15.6 Å². The number of benzene rings is 1. The van der Waals surface area contributed by atoms with E-state index in [2.05, 4.69) is 14.4 Å². The summed E-state index contributed by atoms with van der Waals surface area (Å²) in [6, 6.07) is 4.61. The first-order chi connectivity index (χ1) is 7.54. The van der Waals surface area contributed by atoms with Gasteiger partial charge in [-0.25, -0.2) is 8.96 Å². The molecule has 0 atom stereocenters. The van der Waals surface area contributed by atoms with Gasteiger partial charge in [-0.15, -0.1) is 0 Å². The van der Waals surface area contributed by atoms with Crippen LogP contribution in [-0.4, -0.2) is 17.4 Å². The number of azide groups is 1. The molecular weight excluding hydrogens is 232 g/mol. The number of nitrogens with zero attached hydrogens (tertiary/aromatic N) is 5. The van der Waals surface area contributed by atoms with Crippen LogP contribution in [0.25, 0.3) is 21.5 Å². The van der Waals surface area contributed by atoms with Gasteiger partial charge in [0.2, 0.25) is 0 Å². The molecule has 0 saturated carbocycles. The van der Waals surface area contributed by atoms with E-state index in [0.29, 0.717) is 11.2 Å². The van der Waals surface area contributed by atoms with Gasteiger partial charge in [-0.1, -0.05) is 0 Å². The molecule has 2 aromatic rings. The van der Waals surface area contributed by atoms with Crippen molar-refractivity contribution in [3.05, 3.63) is 35.0 Å². The summed E-state index contributed by atoms with van der Waals surface area (Å²) in [5, 5.41) is 0. The number of rotatable bonds is 2. The summed E-state index contributed by atoms with van der Waals surface area (Å²) in [6.07, 6.45) is 1.06. The Morgan fingerprint density at radius 1 is 1.50 bits per heavy atom. The lowest BCUT2D eigenvalue weighted by Crippen LogP contribution is -2.06. The normalized spacial score (nSPS) is 11.2. The molecule has 1 aromatic carbocycles. The highest BCUT2D eigenvalue weighted by atomic mass is 32.2. The summed E-state index contributed by atoms with van der Waals surface area (Å²) >= 11 is 0. The van der Waals surface area contributed by atoms with E-state index < -0.39 is 10.2 Å².